The Bertz CT molecular complexity index is 413. The topological polar surface area (TPSA) is 12.0 Å². The van der Waals surface area contributed by atoms with Crippen molar-refractivity contribution in [2.75, 3.05) is 6.54 Å². The lowest BCUT2D eigenvalue weighted by Crippen LogP contribution is -2.43. The van der Waals surface area contributed by atoms with E-state index in [1.807, 2.05) is 0 Å². The van der Waals surface area contributed by atoms with E-state index in [1.165, 1.54) is 25.3 Å². The Balaban J connectivity index is 2.07. The zero-order chi connectivity index (χ0) is 13.2. The van der Waals surface area contributed by atoms with Gasteiger partial charge in [0.05, 0.1) is 0 Å². The molecule has 0 heterocycles. The molecular weight excluding hydrogens is 249 g/mol. The predicted octanol–water partition coefficient (Wildman–Crippen LogP) is 4.19. The first-order chi connectivity index (χ1) is 8.51. The summed E-state index contributed by atoms with van der Waals surface area (Å²) in [7, 11) is 0. The Labute approximate surface area is 114 Å². The Morgan fingerprint density at radius 2 is 2.11 bits per heavy atom. The number of hydrogen-bond donors (Lipinski definition) is 1. The molecule has 0 aromatic heterocycles. The van der Waals surface area contributed by atoms with Crippen LogP contribution in [-0.2, 0) is 6.42 Å². The zero-order valence-corrected chi connectivity index (χ0v) is 11.9. The highest BCUT2D eigenvalue weighted by Crippen LogP contribution is 2.44. The molecule has 0 saturated heterocycles. The molecule has 1 saturated carbocycles. The van der Waals surface area contributed by atoms with Gasteiger partial charge in [0.25, 0.3) is 0 Å². The van der Waals surface area contributed by atoms with Gasteiger partial charge >= 0.3 is 0 Å². The minimum absolute atomic E-state index is 0.194. The molecule has 0 radical (unpaired) electrons. The van der Waals surface area contributed by atoms with Crippen LogP contribution in [0.4, 0.5) is 4.39 Å². The van der Waals surface area contributed by atoms with Crippen LogP contribution in [0.15, 0.2) is 18.2 Å². The van der Waals surface area contributed by atoms with Gasteiger partial charge in [-0.3, -0.25) is 0 Å². The molecule has 1 aromatic carbocycles. The lowest BCUT2D eigenvalue weighted by Gasteiger charge is -2.43. The lowest BCUT2D eigenvalue weighted by atomic mass is 9.65. The first-order valence-corrected chi connectivity index (χ1v) is 7.06. The second-order valence-corrected chi connectivity index (χ2v) is 6.21. The van der Waals surface area contributed by atoms with Crippen LogP contribution in [-0.4, -0.2) is 12.6 Å². The molecule has 0 atom stereocenters. The third-order valence-corrected chi connectivity index (χ3v) is 4.24. The molecule has 1 N–H and O–H groups in total. The minimum atomic E-state index is -0.194. The maximum atomic E-state index is 13.3. The average molecular weight is 270 g/mol. The fraction of sp³-hybridized carbons (Fsp3) is 0.600. The van der Waals surface area contributed by atoms with E-state index in [1.54, 1.807) is 12.1 Å². The quantitative estimate of drug-likeness (QED) is 0.845. The second-order valence-electron chi connectivity index (χ2n) is 5.80. The van der Waals surface area contributed by atoms with E-state index in [-0.39, 0.29) is 11.2 Å². The van der Waals surface area contributed by atoms with Crippen molar-refractivity contribution >= 4 is 11.6 Å². The van der Waals surface area contributed by atoms with Crippen LogP contribution < -0.4 is 5.32 Å². The molecule has 0 bridgehead atoms. The minimum Gasteiger partial charge on any atom is -0.314 e. The van der Waals surface area contributed by atoms with Crippen molar-refractivity contribution in [3.8, 4) is 0 Å². The highest BCUT2D eigenvalue weighted by molar-refractivity contribution is 6.31. The molecule has 0 aliphatic heterocycles. The van der Waals surface area contributed by atoms with Gasteiger partial charge in [0.15, 0.2) is 0 Å². The third kappa shape index (κ3) is 3.24. The van der Waals surface area contributed by atoms with Gasteiger partial charge in [-0.1, -0.05) is 31.9 Å². The van der Waals surface area contributed by atoms with Gasteiger partial charge in [-0.25, -0.2) is 4.39 Å². The number of benzene rings is 1. The van der Waals surface area contributed by atoms with Crippen molar-refractivity contribution in [1.29, 1.82) is 0 Å². The summed E-state index contributed by atoms with van der Waals surface area (Å²) in [5, 5.41) is 4.19. The fourth-order valence-corrected chi connectivity index (χ4v) is 2.78. The summed E-state index contributed by atoms with van der Waals surface area (Å²) in [5.41, 5.74) is 1.23. The van der Waals surface area contributed by atoms with E-state index in [9.17, 15) is 4.39 Å². The van der Waals surface area contributed by atoms with Crippen LogP contribution in [0.5, 0.6) is 0 Å². The number of hydrogen-bond acceptors (Lipinski definition) is 1. The smallest absolute Gasteiger partial charge is 0.123 e. The summed E-state index contributed by atoms with van der Waals surface area (Å²) in [6.07, 6.45) is 4.56. The summed E-state index contributed by atoms with van der Waals surface area (Å²) in [6, 6.07) is 5.16. The summed E-state index contributed by atoms with van der Waals surface area (Å²) < 4.78 is 13.3. The highest BCUT2D eigenvalue weighted by atomic mass is 35.5. The van der Waals surface area contributed by atoms with E-state index in [4.69, 9.17) is 11.6 Å². The van der Waals surface area contributed by atoms with Crippen LogP contribution >= 0.6 is 11.6 Å². The van der Waals surface area contributed by atoms with Gasteiger partial charge in [-0.2, -0.15) is 0 Å². The van der Waals surface area contributed by atoms with Crippen LogP contribution in [0.1, 0.15) is 38.7 Å². The molecule has 0 spiro atoms. The summed E-state index contributed by atoms with van der Waals surface area (Å²) in [5.74, 6) is -0.194. The van der Waals surface area contributed by atoms with E-state index in [0.717, 1.165) is 18.5 Å². The van der Waals surface area contributed by atoms with E-state index in [0.29, 0.717) is 11.1 Å². The van der Waals surface area contributed by atoms with Crippen LogP contribution in [0.2, 0.25) is 5.02 Å². The molecule has 1 fully saturated rings. The van der Waals surface area contributed by atoms with Gasteiger partial charge in [-0.15, -0.1) is 0 Å². The van der Waals surface area contributed by atoms with Crippen LogP contribution in [0, 0.1) is 11.2 Å². The normalized spacial score (nSPS) is 17.8. The monoisotopic (exact) mass is 269 g/mol. The maximum absolute atomic E-state index is 13.3. The Hall–Kier alpha value is -0.600. The zero-order valence-electron chi connectivity index (χ0n) is 11.1. The molecule has 0 amide bonds. The number of rotatable bonds is 5. The molecule has 2 rings (SSSR count). The predicted molar refractivity (Wildman–Crippen MR) is 74.5 cm³/mol. The summed E-state index contributed by atoms with van der Waals surface area (Å²) >= 11 is 6.16. The van der Waals surface area contributed by atoms with E-state index < -0.39 is 0 Å². The standard InChI is InChI=1S/C15H21ClFN/c1-11(2)18-10-15(6-3-7-15)9-12-8-13(17)4-5-14(12)16/h4-5,8,11,18H,3,6-7,9-10H2,1-2H3. The lowest BCUT2D eigenvalue weighted by molar-refractivity contribution is 0.126. The van der Waals surface area contributed by atoms with Gasteiger partial charge in [0, 0.05) is 17.6 Å². The van der Waals surface area contributed by atoms with Crippen LogP contribution in [0.3, 0.4) is 0 Å². The SMILES string of the molecule is CC(C)NCC1(Cc2cc(F)ccc2Cl)CCC1. The van der Waals surface area contributed by atoms with Crippen molar-refractivity contribution in [3.63, 3.8) is 0 Å². The fourth-order valence-electron chi connectivity index (χ4n) is 2.60. The van der Waals surface area contributed by atoms with Gasteiger partial charge < -0.3 is 5.32 Å². The molecule has 100 valence electrons. The molecule has 18 heavy (non-hydrogen) atoms. The van der Waals surface area contributed by atoms with Gasteiger partial charge in [-0.05, 0) is 48.4 Å². The first kappa shape index (κ1) is 13.8. The van der Waals surface area contributed by atoms with Gasteiger partial charge in [0.2, 0.25) is 0 Å². The molecular formula is C15H21ClFN. The Morgan fingerprint density at radius 3 is 2.67 bits per heavy atom. The molecule has 1 aromatic rings. The van der Waals surface area contributed by atoms with Crippen molar-refractivity contribution in [2.24, 2.45) is 5.41 Å². The van der Waals surface area contributed by atoms with E-state index in [2.05, 4.69) is 19.2 Å². The van der Waals surface area contributed by atoms with Crippen molar-refractivity contribution in [3.05, 3.63) is 34.6 Å². The Morgan fingerprint density at radius 1 is 1.39 bits per heavy atom. The second kappa shape index (κ2) is 5.58. The first-order valence-electron chi connectivity index (χ1n) is 6.68. The summed E-state index contributed by atoms with van der Waals surface area (Å²) in [4.78, 5) is 0. The number of halogens is 2. The summed E-state index contributed by atoms with van der Waals surface area (Å²) in [6.45, 7) is 5.31. The van der Waals surface area contributed by atoms with Crippen molar-refractivity contribution in [2.45, 2.75) is 45.6 Å². The molecule has 3 heteroatoms. The average Bonchev–Trinajstić information content (AvgIpc) is 2.26. The molecule has 1 nitrogen and oxygen atoms in total. The molecule has 1 aliphatic rings. The van der Waals surface area contributed by atoms with Crippen molar-refractivity contribution in [1.82, 2.24) is 5.32 Å². The molecule has 1 aliphatic carbocycles. The third-order valence-electron chi connectivity index (χ3n) is 3.87. The largest absolute Gasteiger partial charge is 0.314 e. The van der Waals surface area contributed by atoms with Crippen LogP contribution in [0.25, 0.3) is 0 Å². The number of nitrogens with one attached hydrogen (secondary N) is 1. The Kier molecular flexibility index (Phi) is 4.29. The van der Waals surface area contributed by atoms with E-state index >= 15 is 0 Å². The highest BCUT2D eigenvalue weighted by Gasteiger charge is 2.37. The molecule has 0 unspecified atom stereocenters. The maximum Gasteiger partial charge on any atom is 0.123 e. The van der Waals surface area contributed by atoms with Gasteiger partial charge in [0.1, 0.15) is 5.82 Å². The van der Waals surface area contributed by atoms with Crippen molar-refractivity contribution < 1.29 is 4.39 Å².